The number of allylic oxidation sites excluding steroid dienone is 3. The van der Waals surface area contributed by atoms with Crippen LogP contribution in [0.4, 0.5) is 0 Å². The number of carboxylic acid groups (broad SMARTS) is 1. The Morgan fingerprint density at radius 3 is 2.38 bits per heavy atom. The van der Waals surface area contributed by atoms with Crippen molar-refractivity contribution in [3.05, 3.63) is 23.8 Å². The van der Waals surface area contributed by atoms with Gasteiger partial charge in [0.05, 0.1) is 31.2 Å². The summed E-state index contributed by atoms with van der Waals surface area (Å²) in [5, 5.41) is 26.5. The second-order valence-electron chi connectivity index (χ2n) is 8.22. The van der Waals surface area contributed by atoms with Gasteiger partial charge < -0.3 is 20.1 Å². The average molecular weight is 411 g/mol. The fourth-order valence-corrected chi connectivity index (χ4v) is 3.85. The molecule has 6 atom stereocenters. The van der Waals surface area contributed by atoms with Gasteiger partial charge in [-0.25, -0.2) is 0 Å². The largest absolute Gasteiger partial charge is 0.481 e. The molecule has 1 saturated heterocycles. The van der Waals surface area contributed by atoms with Crippen LogP contribution in [-0.4, -0.2) is 46.1 Å². The van der Waals surface area contributed by atoms with Crippen molar-refractivity contribution >= 4 is 11.9 Å². The number of carboxylic acids is 1. The molecule has 29 heavy (non-hydrogen) atoms. The molecule has 1 heterocycles. The number of aliphatic hydroxyl groups is 2. The summed E-state index contributed by atoms with van der Waals surface area (Å²) in [6, 6.07) is 0. The van der Waals surface area contributed by atoms with Crippen LogP contribution < -0.4 is 0 Å². The van der Waals surface area contributed by atoms with Crippen molar-refractivity contribution in [3.63, 3.8) is 0 Å². The molecule has 6 unspecified atom stereocenters. The van der Waals surface area contributed by atoms with Crippen LogP contribution in [0.15, 0.2) is 23.8 Å². The summed E-state index contributed by atoms with van der Waals surface area (Å²) in [4.78, 5) is 20.2. The van der Waals surface area contributed by atoms with Crippen LogP contribution in [0.25, 0.3) is 0 Å². The molecule has 0 aromatic carbocycles. The number of hydrogen-bond acceptors (Lipinski definition) is 5. The van der Waals surface area contributed by atoms with Gasteiger partial charge in [-0.1, -0.05) is 52.3 Å². The number of cyclic esters (lactones) is 1. The Balaban J connectivity index is 0.000000240. The van der Waals surface area contributed by atoms with Crippen molar-refractivity contribution < 1.29 is 29.6 Å². The Morgan fingerprint density at radius 1 is 1.24 bits per heavy atom. The highest BCUT2D eigenvalue weighted by molar-refractivity contribution is 5.70. The lowest BCUT2D eigenvalue weighted by molar-refractivity contribution is -0.151. The van der Waals surface area contributed by atoms with Crippen LogP contribution in [0.3, 0.4) is 0 Å². The SMILES string of the molecule is CCC(C)C(=O)O.CCC1C(C)C=CC2=CC(O)CCC21.O=C1CC(O)CCO1. The van der Waals surface area contributed by atoms with Gasteiger partial charge in [-0.3, -0.25) is 9.59 Å². The van der Waals surface area contributed by atoms with Crippen LogP contribution in [0.2, 0.25) is 0 Å². The van der Waals surface area contributed by atoms with E-state index in [2.05, 4.69) is 36.8 Å². The first-order chi connectivity index (χ1) is 13.7. The normalized spacial score (nSPS) is 31.6. The third kappa shape index (κ3) is 8.70. The highest BCUT2D eigenvalue weighted by atomic mass is 16.5. The number of aliphatic carboxylic acids is 1. The number of carbonyl (C=O) groups is 2. The predicted octanol–water partition coefficient (Wildman–Crippen LogP) is 3.72. The number of ether oxygens (including phenoxy) is 1. The van der Waals surface area contributed by atoms with Gasteiger partial charge in [-0.2, -0.15) is 0 Å². The minimum absolute atomic E-state index is 0.167. The summed E-state index contributed by atoms with van der Waals surface area (Å²) in [7, 11) is 0. The molecule has 1 aliphatic heterocycles. The van der Waals surface area contributed by atoms with Crippen LogP contribution in [0.1, 0.15) is 66.2 Å². The summed E-state index contributed by atoms with van der Waals surface area (Å²) in [6.45, 7) is 8.52. The predicted molar refractivity (Wildman–Crippen MR) is 112 cm³/mol. The third-order valence-electron chi connectivity index (χ3n) is 5.99. The van der Waals surface area contributed by atoms with Crippen molar-refractivity contribution in [1.82, 2.24) is 0 Å². The van der Waals surface area contributed by atoms with Gasteiger partial charge >= 0.3 is 11.9 Å². The van der Waals surface area contributed by atoms with Crippen molar-refractivity contribution in [3.8, 4) is 0 Å². The van der Waals surface area contributed by atoms with Gasteiger partial charge in [0.15, 0.2) is 0 Å². The standard InChI is InChI=1S/C13H20O.C5H8O3.C5H10O2/c1-3-12-9(2)4-5-10-8-11(14)6-7-13(10)12;6-4-1-2-8-5(7)3-4;1-3-4(2)5(6)7/h4-5,8-9,11-14H,3,6-7H2,1-2H3;4,6H,1-3H2;4H,3H2,1-2H3,(H,6,7). The highest BCUT2D eigenvalue weighted by Gasteiger charge is 2.32. The molecule has 0 aromatic heterocycles. The maximum Gasteiger partial charge on any atom is 0.308 e. The second kappa shape index (κ2) is 12.8. The second-order valence-corrected chi connectivity index (χ2v) is 8.22. The molecule has 0 saturated carbocycles. The van der Waals surface area contributed by atoms with Crippen molar-refractivity contribution in [2.24, 2.45) is 23.7 Å². The molecule has 0 bridgehead atoms. The number of carbonyl (C=O) groups excluding carboxylic acids is 1. The monoisotopic (exact) mass is 410 g/mol. The van der Waals surface area contributed by atoms with Crippen molar-refractivity contribution in [2.45, 2.75) is 78.4 Å². The molecule has 166 valence electrons. The molecule has 6 nitrogen and oxygen atoms in total. The molecular weight excluding hydrogens is 372 g/mol. The Hall–Kier alpha value is -1.66. The van der Waals surface area contributed by atoms with Crippen molar-refractivity contribution in [2.75, 3.05) is 6.61 Å². The Labute approximate surface area is 174 Å². The quantitative estimate of drug-likeness (QED) is 0.613. The van der Waals surface area contributed by atoms with E-state index in [9.17, 15) is 14.7 Å². The number of fused-ring (bicyclic) bond motifs is 1. The summed E-state index contributed by atoms with van der Waals surface area (Å²) >= 11 is 0. The van der Waals surface area contributed by atoms with Gasteiger partial charge in [0.25, 0.3) is 0 Å². The fraction of sp³-hybridized carbons (Fsp3) is 0.739. The molecule has 0 aromatic rings. The summed E-state index contributed by atoms with van der Waals surface area (Å²) in [5.74, 6) is 1.03. The molecule has 3 rings (SSSR count). The first kappa shape index (κ1) is 25.4. The van der Waals surface area contributed by atoms with E-state index in [1.165, 1.54) is 18.4 Å². The zero-order chi connectivity index (χ0) is 22.0. The summed E-state index contributed by atoms with van der Waals surface area (Å²) in [6.07, 6.45) is 10.8. The topological polar surface area (TPSA) is 104 Å². The van der Waals surface area contributed by atoms with Crippen LogP contribution in [-0.2, 0) is 14.3 Å². The van der Waals surface area contributed by atoms with Crippen molar-refractivity contribution in [1.29, 1.82) is 0 Å². The van der Waals surface area contributed by atoms with Crippen LogP contribution in [0, 0.1) is 23.7 Å². The fourth-order valence-electron chi connectivity index (χ4n) is 3.85. The van der Waals surface area contributed by atoms with E-state index in [4.69, 9.17) is 10.2 Å². The van der Waals surface area contributed by atoms with E-state index in [-0.39, 0.29) is 24.4 Å². The zero-order valence-electron chi connectivity index (χ0n) is 18.2. The maximum atomic E-state index is 10.3. The van der Waals surface area contributed by atoms with E-state index in [1.54, 1.807) is 6.92 Å². The summed E-state index contributed by atoms with van der Waals surface area (Å²) < 4.78 is 4.55. The van der Waals surface area contributed by atoms with Crippen LogP contribution >= 0.6 is 0 Å². The minimum atomic E-state index is -0.706. The lowest BCUT2D eigenvalue weighted by Gasteiger charge is -2.37. The molecule has 2 aliphatic carbocycles. The third-order valence-corrected chi connectivity index (χ3v) is 5.99. The van der Waals surface area contributed by atoms with E-state index in [1.807, 2.05) is 6.92 Å². The lowest BCUT2D eigenvalue weighted by Crippen LogP contribution is -2.29. The average Bonchev–Trinajstić information content (AvgIpc) is 2.68. The molecule has 3 aliphatic rings. The van der Waals surface area contributed by atoms with Gasteiger partial charge in [0.1, 0.15) is 0 Å². The number of hydrogen-bond donors (Lipinski definition) is 3. The summed E-state index contributed by atoms with van der Waals surface area (Å²) in [5.41, 5.74) is 1.38. The molecule has 3 N–H and O–H groups in total. The van der Waals surface area contributed by atoms with Gasteiger partial charge in [0, 0.05) is 6.42 Å². The smallest absolute Gasteiger partial charge is 0.308 e. The van der Waals surface area contributed by atoms with Gasteiger partial charge in [-0.15, -0.1) is 0 Å². The van der Waals surface area contributed by atoms with E-state index in [0.717, 1.165) is 18.8 Å². The lowest BCUT2D eigenvalue weighted by atomic mass is 9.68. The molecule has 0 spiro atoms. The van der Waals surface area contributed by atoms with E-state index < -0.39 is 12.1 Å². The maximum absolute atomic E-state index is 10.3. The van der Waals surface area contributed by atoms with E-state index in [0.29, 0.717) is 24.9 Å². The van der Waals surface area contributed by atoms with Gasteiger partial charge in [-0.05, 0) is 42.6 Å². The number of aliphatic hydroxyl groups excluding tert-OH is 2. The van der Waals surface area contributed by atoms with Crippen LogP contribution in [0.5, 0.6) is 0 Å². The number of rotatable bonds is 3. The Kier molecular flexibility index (Phi) is 11.2. The Bertz CT molecular complexity index is 582. The van der Waals surface area contributed by atoms with Gasteiger partial charge in [0.2, 0.25) is 0 Å². The van der Waals surface area contributed by atoms with E-state index >= 15 is 0 Å². The molecule has 1 fully saturated rings. The molecular formula is C23H38O6. The molecule has 6 heteroatoms. The number of esters is 1. The first-order valence-electron chi connectivity index (χ1n) is 10.8. The Morgan fingerprint density at radius 2 is 1.93 bits per heavy atom. The highest BCUT2D eigenvalue weighted by Crippen LogP contribution is 2.41. The minimum Gasteiger partial charge on any atom is -0.481 e. The molecule has 0 radical (unpaired) electrons. The zero-order valence-corrected chi connectivity index (χ0v) is 18.2. The molecule has 0 amide bonds. The first-order valence-corrected chi connectivity index (χ1v) is 10.8.